The van der Waals surface area contributed by atoms with E-state index in [9.17, 15) is 14.4 Å². The van der Waals surface area contributed by atoms with Crippen molar-refractivity contribution in [1.29, 1.82) is 0 Å². The van der Waals surface area contributed by atoms with Crippen molar-refractivity contribution in [2.45, 2.75) is 64.5 Å². The third-order valence-corrected chi connectivity index (χ3v) is 9.25. The number of hydrogen-bond donors (Lipinski definition) is 5. The number of anilines is 2. The number of aromatic nitrogens is 3. The van der Waals surface area contributed by atoms with Crippen LogP contribution in [0.15, 0.2) is 65.9 Å². The molecule has 0 atom stereocenters. The summed E-state index contributed by atoms with van der Waals surface area (Å²) in [7, 11) is 18.5. The number of allylic oxidation sites excluding steroid dienone is 1. The molecule has 16 heteroatoms. The van der Waals surface area contributed by atoms with E-state index in [2.05, 4.69) is 25.8 Å². The van der Waals surface area contributed by atoms with E-state index in [1.54, 1.807) is 32.3 Å². The number of amides is 3. The normalized spacial score (nSPS) is 16.3. The number of carbonyl (C=O) groups excluding carboxylic acids is 3. The number of nitrogens with zero attached hydrogens (tertiary/aromatic N) is 6. The fourth-order valence-corrected chi connectivity index (χ4v) is 6.31. The molecule has 0 bridgehead atoms. The van der Waals surface area contributed by atoms with Crippen LogP contribution in [0.25, 0.3) is 11.1 Å². The fraction of sp³-hybridized carbons (Fsp3) is 0.432. The van der Waals surface area contributed by atoms with Crippen molar-refractivity contribution >= 4 is 44.8 Å². The monoisotopic (exact) mass is 717 g/mol. The van der Waals surface area contributed by atoms with E-state index in [0.29, 0.717) is 31.0 Å². The maximum Gasteiger partial charge on any atom is 0.271 e. The van der Waals surface area contributed by atoms with Crippen LogP contribution in [-0.2, 0) is 21.5 Å². The Labute approximate surface area is 314 Å². The van der Waals surface area contributed by atoms with Gasteiger partial charge in [0.15, 0.2) is 0 Å². The second kappa shape index (κ2) is 15.8. The van der Waals surface area contributed by atoms with Gasteiger partial charge in [-0.25, -0.2) is 4.98 Å². The SMILES string of the molecule is CC.[B]C([B])(c1cccc(C(=O)N(C)C)n1)N1CC(n2ncc3c2CN(C)c2c(NC(/C=C(\N)NC(=O)C4CC4)=C(/N)C(=O)NC(C)C)cccc2-3)C1. The summed E-state index contributed by atoms with van der Waals surface area (Å²) >= 11 is 0. The summed E-state index contributed by atoms with van der Waals surface area (Å²) < 4.78 is 2.02. The van der Waals surface area contributed by atoms with Crippen molar-refractivity contribution < 1.29 is 14.4 Å². The number of hydrogen-bond acceptors (Lipinski definition) is 10. The van der Waals surface area contributed by atoms with Gasteiger partial charge < -0.3 is 42.1 Å². The quantitative estimate of drug-likeness (QED) is 0.112. The Balaban J connectivity index is 0.00000266. The van der Waals surface area contributed by atoms with Gasteiger partial charge in [0.1, 0.15) is 17.2 Å². The van der Waals surface area contributed by atoms with Gasteiger partial charge in [-0.1, -0.05) is 32.0 Å². The molecule has 4 heterocycles. The van der Waals surface area contributed by atoms with Gasteiger partial charge in [-0.05, 0) is 50.2 Å². The highest BCUT2D eigenvalue weighted by molar-refractivity contribution is 6.39. The first kappa shape index (κ1) is 39.0. The molecule has 53 heavy (non-hydrogen) atoms. The zero-order chi connectivity index (χ0) is 38.8. The minimum absolute atomic E-state index is 0.0100. The lowest BCUT2D eigenvalue weighted by molar-refractivity contribution is -0.121. The molecule has 2 aliphatic heterocycles. The Kier molecular flexibility index (Phi) is 11.6. The summed E-state index contributed by atoms with van der Waals surface area (Å²) in [4.78, 5) is 47.9. The number of likely N-dealkylation sites (tertiary alicyclic amines) is 1. The van der Waals surface area contributed by atoms with Crippen LogP contribution < -0.4 is 32.3 Å². The van der Waals surface area contributed by atoms with Gasteiger partial charge in [-0.3, -0.25) is 19.1 Å². The molecule has 2 aromatic heterocycles. The lowest BCUT2D eigenvalue weighted by Gasteiger charge is -2.50. The maximum atomic E-state index is 13.0. The van der Waals surface area contributed by atoms with Crippen LogP contribution in [0.5, 0.6) is 0 Å². The first-order chi connectivity index (χ1) is 25.1. The molecule has 276 valence electrons. The van der Waals surface area contributed by atoms with Crippen LogP contribution in [0, 0.1) is 5.92 Å². The highest BCUT2D eigenvalue weighted by Crippen LogP contribution is 2.45. The minimum Gasteiger partial charge on any atom is -0.393 e. The van der Waals surface area contributed by atoms with Gasteiger partial charge in [0.05, 0.1) is 57.2 Å². The van der Waals surface area contributed by atoms with Crippen molar-refractivity contribution in [3.63, 3.8) is 0 Å². The van der Waals surface area contributed by atoms with Gasteiger partial charge in [0, 0.05) is 69.1 Å². The zero-order valence-electron chi connectivity index (χ0n) is 31.6. The summed E-state index contributed by atoms with van der Waals surface area (Å²) in [5.74, 6) is -0.823. The van der Waals surface area contributed by atoms with E-state index in [0.717, 1.165) is 35.3 Å². The zero-order valence-corrected chi connectivity index (χ0v) is 31.6. The number of nitrogens with one attached hydrogen (secondary N) is 3. The molecule has 3 amide bonds. The van der Waals surface area contributed by atoms with Crippen molar-refractivity contribution in [2.24, 2.45) is 17.4 Å². The van der Waals surface area contributed by atoms with Crippen LogP contribution in [-0.4, -0.2) is 98.3 Å². The van der Waals surface area contributed by atoms with Crippen LogP contribution in [0.3, 0.4) is 0 Å². The molecule has 0 spiro atoms. The second-order valence-corrected chi connectivity index (χ2v) is 13.9. The molecule has 7 N–H and O–H groups in total. The predicted molar refractivity (Wildman–Crippen MR) is 208 cm³/mol. The van der Waals surface area contributed by atoms with Crippen LogP contribution in [0.1, 0.15) is 68.5 Å². The van der Waals surface area contributed by atoms with E-state index < -0.39 is 11.2 Å². The molecule has 2 fully saturated rings. The van der Waals surface area contributed by atoms with Crippen molar-refractivity contribution in [1.82, 2.24) is 35.2 Å². The number of fused-ring (bicyclic) bond motifs is 3. The van der Waals surface area contributed by atoms with Gasteiger partial charge >= 0.3 is 0 Å². The molecular weight excluding hydrogens is 668 g/mol. The Morgan fingerprint density at radius 1 is 1.04 bits per heavy atom. The summed E-state index contributed by atoms with van der Waals surface area (Å²) in [5, 5.41) is 12.3. The Morgan fingerprint density at radius 3 is 2.36 bits per heavy atom. The number of rotatable bonds is 11. The lowest BCUT2D eigenvalue weighted by Crippen LogP contribution is -2.60. The van der Waals surface area contributed by atoms with Crippen molar-refractivity contribution in [3.05, 3.63) is 83.0 Å². The minimum atomic E-state index is -1.38. The molecule has 6 rings (SSSR count). The average molecular weight is 717 g/mol. The van der Waals surface area contributed by atoms with Gasteiger partial charge in [0.2, 0.25) is 5.91 Å². The molecule has 1 saturated carbocycles. The molecule has 1 saturated heterocycles. The number of carbonyl (C=O) groups is 3. The summed E-state index contributed by atoms with van der Waals surface area (Å²) in [6.45, 7) is 9.29. The van der Waals surface area contributed by atoms with E-state index in [-0.39, 0.29) is 52.7 Å². The summed E-state index contributed by atoms with van der Waals surface area (Å²) in [6, 6.07) is 10.8. The van der Waals surface area contributed by atoms with E-state index >= 15 is 0 Å². The predicted octanol–water partition coefficient (Wildman–Crippen LogP) is 2.06. The molecule has 1 aliphatic carbocycles. The van der Waals surface area contributed by atoms with Gasteiger partial charge in [0.25, 0.3) is 11.8 Å². The number of pyridine rings is 1. The average Bonchev–Trinajstić information content (AvgIpc) is 3.88. The Hall–Kier alpha value is -5.24. The third-order valence-electron chi connectivity index (χ3n) is 9.25. The molecule has 0 unspecified atom stereocenters. The van der Waals surface area contributed by atoms with Crippen LogP contribution in [0.2, 0.25) is 0 Å². The first-order valence-electron chi connectivity index (χ1n) is 17.9. The largest absolute Gasteiger partial charge is 0.393 e. The Morgan fingerprint density at radius 2 is 1.72 bits per heavy atom. The number of para-hydroxylation sites is 1. The lowest BCUT2D eigenvalue weighted by atomic mass is 9.57. The fourth-order valence-electron chi connectivity index (χ4n) is 6.31. The summed E-state index contributed by atoms with van der Waals surface area (Å²) in [6.07, 6.45) is 4.99. The number of benzene rings is 1. The molecule has 1 aromatic carbocycles. The van der Waals surface area contributed by atoms with E-state index in [1.165, 1.54) is 11.0 Å². The molecule has 3 aliphatic rings. The van der Waals surface area contributed by atoms with Crippen molar-refractivity contribution in [3.8, 4) is 11.1 Å². The number of nitrogens with two attached hydrogens (primary N) is 2. The maximum absolute atomic E-state index is 13.0. The second-order valence-electron chi connectivity index (χ2n) is 13.9. The highest BCUT2D eigenvalue weighted by Gasteiger charge is 2.41. The molecule has 4 radical (unpaired) electrons. The molecule has 3 aromatic rings. The van der Waals surface area contributed by atoms with Crippen LogP contribution in [0.4, 0.5) is 11.4 Å². The molecule has 14 nitrogen and oxygen atoms in total. The van der Waals surface area contributed by atoms with Crippen LogP contribution >= 0.6 is 0 Å². The first-order valence-corrected chi connectivity index (χ1v) is 17.9. The third kappa shape index (κ3) is 8.22. The highest BCUT2D eigenvalue weighted by atomic mass is 16.2. The van der Waals surface area contributed by atoms with Crippen molar-refractivity contribution in [2.75, 3.05) is 44.4 Å². The van der Waals surface area contributed by atoms with E-state index in [4.69, 9.17) is 32.3 Å². The topological polar surface area (TPSA) is 180 Å². The van der Waals surface area contributed by atoms with Gasteiger partial charge in [-0.2, -0.15) is 5.10 Å². The summed E-state index contributed by atoms with van der Waals surface area (Å²) in [5.41, 5.74) is 18.0. The smallest absolute Gasteiger partial charge is 0.271 e. The van der Waals surface area contributed by atoms with Gasteiger partial charge in [-0.15, -0.1) is 0 Å². The Bertz CT molecular complexity index is 1930. The standard InChI is InChI=1S/C35H43B2N11O3.C2H6/c1-19(2)41-33(50)30(39)26(14-29(38)44-32(49)20-12-13-20)42-24-9-6-8-22-23-15-40-48(27(23)18-46(5)31(22)24)21-16-47(17-21)35(36,37)28-11-7-10-25(43-28)34(51)45(3)4;1-2/h6-11,14-15,19-21,42H,12-13,16-18,38-39H2,1-5H3,(H,41,50)(H,44,49);1-2H3/b29-14+,30-26+;. The molecular formula is C37H49B2N11O3. The van der Waals surface area contributed by atoms with E-state index in [1.807, 2.05) is 68.7 Å².